The Morgan fingerprint density at radius 1 is 1.50 bits per heavy atom. The monoisotopic (exact) mass is 192 g/mol. The largest absolute Gasteiger partial charge is 0.370 e. The summed E-state index contributed by atoms with van der Waals surface area (Å²) in [6.07, 6.45) is 6.62. The van der Waals surface area contributed by atoms with Gasteiger partial charge in [0.05, 0.1) is 13.2 Å². The highest BCUT2D eigenvalue weighted by Gasteiger charge is 2.21. The normalized spacial score (nSPS) is 22.0. The Kier molecular flexibility index (Phi) is 2.69. The molecule has 5 nitrogen and oxygen atoms in total. The second-order valence-electron chi connectivity index (χ2n) is 3.07. The zero-order valence-electron chi connectivity index (χ0n) is 7.59. The fourth-order valence-corrected chi connectivity index (χ4v) is 1.41. The molecule has 0 N–H and O–H groups in total. The Balaban J connectivity index is 2.08. The van der Waals surface area contributed by atoms with Crippen molar-refractivity contribution in [1.29, 1.82) is 0 Å². The van der Waals surface area contributed by atoms with Crippen LogP contribution in [-0.4, -0.2) is 41.0 Å². The van der Waals surface area contributed by atoms with Crippen LogP contribution in [0.15, 0.2) is 18.7 Å². The van der Waals surface area contributed by atoms with Crippen LogP contribution in [0.1, 0.15) is 11.7 Å². The van der Waals surface area contributed by atoms with E-state index < -0.39 is 0 Å². The maximum atomic E-state index is 10.5. The average Bonchev–Trinajstić information content (AvgIpc) is 2.30. The van der Waals surface area contributed by atoms with E-state index in [1.54, 1.807) is 17.3 Å². The quantitative estimate of drug-likeness (QED) is 0.657. The van der Waals surface area contributed by atoms with E-state index in [-0.39, 0.29) is 6.10 Å². The fraction of sp³-hybridized carbons (Fsp3) is 0.444. The number of aromatic nitrogens is 2. The highest BCUT2D eigenvalue weighted by Crippen LogP contribution is 2.19. The summed E-state index contributed by atoms with van der Waals surface area (Å²) in [6.45, 7) is 1.67. The Morgan fingerprint density at radius 2 is 2.29 bits per heavy atom. The van der Waals surface area contributed by atoms with Gasteiger partial charge in [-0.05, 0) is 0 Å². The number of hydrogen-bond donors (Lipinski definition) is 0. The van der Waals surface area contributed by atoms with E-state index in [9.17, 15) is 4.79 Å². The first kappa shape index (κ1) is 9.08. The molecule has 1 unspecified atom stereocenters. The molecule has 1 aliphatic heterocycles. The first-order valence-electron chi connectivity index (χ1n) is 4.39. The molecule has 1 saturated heterocycles. The maximum absolute atomic E-state index is 10.5. The van der Waals surface area contributed by atoms with Crippen LogP contribution >= 0.6 is 0 Å². The molecule has 1 atom stereocenters. The number of nitrogens with zero attached hydrogens (tertiary/aromatic N) is 3. The van der Waals surface area contributed by atoms with Gasteiger partial charge in [0.15, 0.2) is 0 Å². The van der Waals surface area contributed by atoms with Crippen LogP contribution in [0.5, 0.6) is 0 Å². The molecule has 14 heavy (non-hydrogen) atoms. The minimum absolute atomic E-state index is 0.119. The van der Waals surface area contributed by atoms with Crippen LogP contribution in [0, 0.1) is 0 Å². The van der Waals surface area contributed by atoms with E-state index in [1.165, 1.54) is 6.33 Å². The third kappa shape index (κ3) is 1.88. The fourth-order valence-electron chi connectivity index (χ4n) is 1.41. The molecule has 2 heterocycles. The van der Waals surface area contributed by atoms with E-state index >= 15 is 0 Å². The number of morpholine rings is 1. The van der Waals surface area contributed by atoms with E-state index in [4.69, 9.17) is 4.74 Å². The van der Waals surface area contributed by atoms with Crippen molar-refractivity contribution in [2.24, 2.45) is 0 Å². The van der Waals surface area contributed by atoms with Gasteiger partial charge >= 0.3 is 6.41 Å². The van der Waals surface area contributed by atoms with Crippen molar-refractivity contribution >= 4 is 6.41 Å². The lowest BCUT2D eigenvalue weighted by Gasteiger charge is -2.29. The molecular weight excluding hydrogens is 182 g/mol. The lowest BCUT2D eigenvalue weighted by atomic mass is 10.1. The number of hydrogen-bond acceptors (Lipinski definition) is 4. The van der Waals surface area contributed by atoms with Crippen LogP contribution in [0.25, 0.3) is 0 Å². The molecule has 1 amide bonds. The molecule has 0 saturated carbocycles. The summed E-state index contributed by atoms with van der Waals surface area (Å²) < 4.78 is 5.50. The third-order valence-corrected chi connectivity index (χ3v) is 2.15. The highest BCUT2D eigenvalue weighted by atomic mass is 16.5. The molecule has 73 valence electrons. The molecule has 0 spiro atoms. The van der Waals surface area contributed by atoms with Crippen LogP contribution in [-0.2, 0) is 9.53 Å². The van der Waals surface area contributed by atoms with Crippen molar-refractivity contribution in [1.82, 2.24) is 14.9 Å². The van der Waals surface area contributed by atoms with Crippen molar-refractivity contribution in [2.45, 2.75) is 6.10 Å². The van der Waals surface area contributed by atoms with E-state index in [0.29, 0.717) is 19.7 Å². The summed E-state index contributed by atoms with van der Waals surface area (Å²) in [5.74, 6) is 0. The summed E-state index contributed by atoms with van der Waals surface area (Å²) in [7, 11) is 0. The van der Waals surface area contributed by atoms with E-state index in [0.717, 1.165) is 5.56 Å². The van der Waals surface area contributed by atoms with Gasteiger partial charge in [0.25, 0.3) is 0 Å². The Morgan fingerprint density at radius 3 is 3.00 bits per heavy atom. The topological polar surface area (TPSA) is 55.3 Å². The van der Waals surface area contributed by atoms with Gasteiger partial charge in [-0.3, -0.25) is 4.79 Å². The lowest BCUT2D eigenvalue weighted by molar-refractivity contribution is -0.00787. The average molecular weight is 192 g/mol. The summed E-state index contributed by atoms with van der Waals surface area (Å²) in [5, 5.41) is 0. The van der Waals surface area contributed by atoms with Crippen LogP contribution in [0.2, 0.25) is 0 Å². The molecule has 0 aromatic carbocycles. The minimum Gasteiger partial charge on any atom is -0.370 e. The maximum Gasteiger partial charge on any atom is 0.312 e. The van der Waals surface area contributed by atoms with Gasteiger partial charge < -0.3 is 9.64 Å². The van der Waals surface area contributed by atoms with Crippen molar-refractivity contribution < 1.29 is 9.53 Å². The number of rotatable bonds is 2. The predicted molar refractivity (Wildman–Crippen MR) is 48.0 cm³/mol. The zero-order chi connectivity index (χ0) is 9.80. The van der Waals surface area contributed by atoms with Crippen LogP contribution in [0.4, 0.5) is 0 Å². The smallest absolute Gasteiger partial charge is 0.312 e. The molecule has 0 bridgehead atoms. The Bertz CT molecular complexity index is 304. The van der Waals surface area contributed by atoms with Crippen molar-refractivity contribution in [2.75, 3.05) is 19.7 Å². The number of amides is 1. The summed E-state index contributed by atoms with van der Waals surface area (Å²) in [5.41, 5.74) is 0.896. The highest BCUT2D eigenvalue weighted by molar-refractivity contribution is 5.48. The first-order chi connectivity index (χ1) is 6.90. The van der Waals surface area contributed by atoms with Gasteiger partial charge in [0, 0.05) is 24.5 Å². The second-order valence-corrected chi connectivity index (χ2v) is 3.07. The molecular formula is C9H10N3O2. The van der Waals surface area contributed by atoms with E-state index in [1.807, 2.05) is 6.41 Å². The van der Waals surface area contributed by atoms with Crippen LogP contribution in [0.3, 0.4) is 0 Å². The summed E-state index contributed by atoms with van der Waals surface area (Å²) in [6, 6.07) is 0. The van der Waals surface area contributed by atoms with E-state index in [2.05, 4.69) is 9.97 Å². The SMILES string of the molecule is O=[C]N1CCOC(c2cncnc2)C1. The molecule has 1 aromatic heterocycles. The van der Waals surface area contributed by atoms with Gasteiger partial charge in [0.1, 0.15) is 12.4 Å². The minimum atomic E-state index is -0.119. The van der Waals surface area contributed by atoms with Gasteiger partial charge in [-0.15, -0.1) is 0 Å². The van der Waals surface area contributed by atoms with Gasteiger partial charge in [-0.1, -0.05) is 0 Å². The molecule has 1 aromatic rings. The number of carbonyl (C=O) groups excluding carboxylic acids is 1. The molecule has 5 heteroatoms. The first-order valence-corrected chi connectivity index (χ1v) is 4.39. The zero-order valence-corrected chi connectivity index (χ0v) is 7.59. The van der Waals surface area contributed by atoms with Crippen LogP contribution < -0.4 is 0 Å². The molecule has 0 aliphatic carbocycles. The van der Waals surface area contributed by atoms with Crippen molar-refractivity contribution in [3.8, 4) is 0 Å². The Hall–Kier alpha value is -1.49. The number of ether oxygens (including phenoxy) is 1. The third-order valence-electron chi connectivity index (χ3n) is 2.15. The summed E-state index contributed by atoms with van der Waals surface area (Å²) >= 11 is 0. The van der Waals surface area contributed by atoms with Gasteiger partial charge in [-0.2, -0.15) is 0 Å². The van der Waals surface area contributed by atoms with Gasteiger partial charge in [0.2, 0.25) is 0 Å². The molecule has 1 fully saturated rings. The van der Waals surface area contributed by atoms with Crippen molar-refractivity contribution in [3.05, 3.63) is 24.3 Å². The van der Waals surface area contributed by atoms with Gasteiger partial charge in [-0.25, -0.2) is 9.97 Å². The van der Waals surface area contributed by atoms with Crippen molar-refractivity contribution in [3.63, 3.8) is 0 Å². The lowest BCUT2D eigenvalue weighted by Crippen LogP contribution is -2.37. The molecule has 1 radical (unpaired) electrons. The summed E-state index contributed by atoms with van der Waals surface area (Å²) in [4.78, 5) is 19.8. The second kappa shape index (κ2) is 4.15. The standard InChI is InChI=1S/C9H10N3O2/c13-7-12-1-2-14-9(5-12)8-3-10-6-11-4-8/h3-4,6,9H,1-2,5H2. The predicted octanol–water partition coefficient (Wildman–Crippen LogP) is -0.0829. The Labute approximate surface area is 81.7 Å². The molecule has 1 aliphatic rings. The molecule has 2 rings (SSSR count).